The van der Waals surface area contributed by atoms with Gasteiger partial charge in [0, 0.05) is 16.6 Å². The van der Waals surface area contributed by atoms with Crippen LogP contribution in [0.3, 0.4) is 0 Å². The summed E-state index contributed by atoms with van der Waals surface area (Å²) < 4.78 is 0.971. The molecule has 0 aliphatic heterocycles. The maximum absolute atomic E-state index is 11.9. The summed E-state index contributed by atoms with van der Waals surface area (Å²) in [6, 6.07) is 5.67. The number of hydrogen-bond donors (Lipinski definition) is 1. The smallest absolute Gasteiger partial charge is 0.251 e. The minimum atomic E-state index is 0.00237. The molecule has 0 unspecified atom stereocenters. The topological polar surface area (TPSA) is 32.3 Å². The summed E-state index contributed by atoms with van der Waals surface area (Å²) >= 11 is 3.43. The van der Waals surface area contributed by atoms with Crippen LogP contribution in [0.1, 0.15) is 22.3 Å². The summed E-state index contributed by atoms with van der Waals surface area (Å²) in [7, 11) is 4.06. The first-order valence-electron chi connectivity index (χ1n) is 5.70. The van der Waals surface area contributed by atoms with Crippen molar-refractivity contribution in [3.63, 3.8) is 0 Å². The highest BCUT2D eigenvalue weighted by Gasteiger charge is 2.09. The maximum atomic E-state index is 11.9. The third-order valence-electron chi connectivity index (χ3n) is 2.58. The Hall–Kier alpha value is -0.870. The number of amides is 1. The van der Waals surface area contributed by atoms with E-state index in [1.807, 2.05) is 39.2 Å². The van der Waals surface area contributed by atoms with Gasteiger partial charge in [0.05, 0.1) is 0 Å². The van der Waals surface area contributed by atoms with Gasteiger partial charge < -0.3 is 10.2 Å². The lowest BCUT2D eigenvalue weighted by Gasteiger charge is -2.11. The third kappa shape index (κ3) is 4.48. The molecule has 0 radical (unpaired) electrons. The van der Waals surface area contributed by atoms with Crippen LogP contribution in [-0.2, 0) is 0 Å². The van der Waals surface area contributed by atoms with Gasteiger partial charge in [-0.3, -0.25) is 4.79 Å². The summed E-state index contributed by atoms with van der Waals surface area (Å²) in [6.45, 7) is 3.64. The summed E-state index contributed by atoms with van der Waals surface area (Å²) in [5.74, 6) is 0.00237. The average molecular weight is 299 g/mol. The zero-order chi connectivity index (χ0) is 12.8. The molecule has 3 nitrogen and oxygen atoms in total. The molecule has 94 valence electrons. The predicted molar refractivity (Wildman–Crippen MR) is 74.4 cm³/mol. The number of hydrogen-bond acceptors (Lipinski definition) is 2. The Kier molecular flexibility index (Phi) is 5.65. The lowest BCUT2D eigenvalue weighted by Crippen LogP contribution is -2.27. The van der Waals surface area contributed by atoms with E-state index in [4.69, 9.17) is 0 Å². The van der Waals surface area contributed by atoms with E-state index < -0.39 is 0 Å². The van der Waals surface area contributed by atoms with Gasteiger partial charge in [0.2, 0.25) is 0 Å². The number of carbonyl (C=O) groups is 1. The highest BCUT2D eigenvalue weighted by molar-refractivity contribution is 9.10. The molecule has 17 heavy (non-hydrogen) atoms. The first-order valence-corrected chi connectivity index (χ1v) is 6.49. The molecule has 0 fully saturated rings. The second-order valence-corrected chi connectivity index (χ2v) is 5.18. The molecule has 0 aromatic heterocycles. The van der Waals surface area contributed by atoms with Crippen LogP contribution in [0.4, 0.5) is 0 Å². The fourth-order valence-corrected chi connectivity index (χ4v) is 1.91. The second-order valence-electron chi connectivity index (χ2n) is 4.33. The Morgan fingerprint density at radius 3 is 2.76 bits per heavy atom. The van der Waals surface area contributed by atoms with Crippen molar-refractivity contribution in [3.8, 4) is 0 Å². The van der Waals surface area contributed by atoms with E-state index in [0.29, 0.717) is 6.54 Å². The molecular formula is C13H19BrN2O. The van der Waals surface area contributed by atoms with E-state index in [9.17, 15) is 4.79 Å². The summed E-state index contributed by atoms with van der Waals surface area (Å²) in [6.07, 6.45) is 0.964. The third-order valence-corrected chi connectivity index (χ3v) is 3.44. The van der Waals surface area contributed by atoms with Crippen LogP contribution in [-0.4, -0.2) is 38.0 Å². The molecule has 0 spiro atoms. The Morgan fingerprint density at radius 2 is 2.12 bits per heavy atom. The van der Waals surface area contributed by atoms with Gasteiger partial charge in [-0.2, -0.15) is 0 Å². The van der Waals surface area contributed by atoms with Crippen molar-refractivity contribution in [3.05, 3.63) is 33.8 Å². The molecule has 1 rings (SSSR count). The Labute approximate surface area is 111 Å². The molecule has 1 aromatic rings. The Bertz CT molecular complexity index is 391. The molecule has 0 atom stereocenters. The van der Waals surface area contributed by atoms with Crippen molar-refractivity contribution < 1.29 is 4.79 Å². The van der Waals surface area contributed by atoms with Gasteiger partial charge in [-0.05, 0) is 51.7 Å². The van der Waals surface area contributed by atoms with E-state index in [0.717, 1.165) is 28.6 Å². The quantitative estimate of drug-likeness (QED) is 0.847. The van der Waals surface area contributed by atoms with Crippen LogP contribution in [0.2, 0.25) is 0 Å². The van der Waals surface area contributed by atoms with Crippen LogP contribution in [0.25, 0.3) is 0 Å². The predicted octanol–water partition coefficient (Wildman–Crippen LogP) is 2.44. The van der Waals surface area contributed by atoms with E-state index >= 15 is 0 Å². The van der Waals surface area contributed by atoms with Crippen molar-refractivity contribution in [1.82, 2.24) is 10.2 Å². The van der Waals surface area contributed by atoms with Crippen LogP contribution in [0.15, 0.2) is 22.7 Å². The second kappa shape index (κ2) is 6.77. The van der Waals surface area contributed by atoms with E-state index in [1.54, 1.807) is 0 Å². The first kappa shape index (κ1) is 14.2. The number of nitrogens with one attached hydrogen (secondary N) is 1. The number of benzene rings is 1. The lowest BCUT2D eigenvalue weighted by molar-refractivity contribution is 0.0951. The first-order chi connectivity index (χ1) is 8.02. The fourth-order valence-electron chi connectivity index (χ4n) is 1.55. The molecular weight excluding hydrogens is 280 g/mol. The Morgan fingerprint density at radius 1 is 1.41 bits per heavy atom. The monoisotopic (exact) mass is 298 g/mol. The van der Waals surface area contributed by atoms with Gasteiger partial charge in [-0.15, -0.1) is 0 Å². The van der Waals surface area contributed by atoms with Gasteiger partial charge in [0.25, 0.3) is 5.91 Å². The lowest BCUT2D eigenvalue weighted by atomic mass is 10.1. The minimum Gasteiger partial charge on any atom is -0.352 e. The SMILES string of the molecule is Cc1c(Br)cccc1C(=O)NCCCN(C)C. The van der Waals surface area contributed by atoms with E-state index in [-0.39, 0.29) is 5.91 Å². The molecule has 1 N–H and O–H groups in total. The van der Waals surface area contributed by atoms with Crippen molar-refractivity contribution in [2.45, 2.75) is 13.3 Å². The summed E-state index contributed by atoms with van der Waals surface area (Å²) in [5, 5.41) is 2.94. The molecule has 0 heterocycles. The van der Waals surface area contributed by atoms with Crippen molar-refractivity contribution in [2.24, 2.45) is 0 Å². The van der Waals surface area contributed by atoms with E-state index in [2.05, 4.69) is 26.1 Å². The van der Waals surface area contributed by atoms with Gasteiger partial charge in [0.1, 0.15) is 0 Å². The molecule has 0 aliphatic carbocycles. The highest BCUT2D eigenvalue weighted by Crippen LogP contribution is 2.19. The fraction of sp³-hybridized carbons (Fsp3) is 0.462. The molecule has 0 bridgehead atoms. The minimum absolute atomic E-state index is 0.00237. The van der Waals surface area contributed by atoms with Crippen molar-refractivity contribution in [2.75, 3.05) is 27.2 Å². The van der Waals surface area contributed by atoms with Crippen LogP contribution >= 0.6 is 15.9 Å². The molecule has 0 saturated heterocycles. The van der Waals surface area contributed by atoms with Gasteiger partial charge in [-0.25, -0.2) is 0 Å². The van der Waals surface area contributed by atoms with Crippen LogP contribution in [0, 0.1) is 6.92 Å². The number of carbonyl (C=O) groups excluding carboxylic acids is 1. The molecule has 0 saturated carbocycles. The highest BCUT2D eigenvalue weighted by atomic mass is 79.9. The molecule has 4 heteroatoms. The zero-order valence-corrected chi connectivity index (χ0v) is 12.2. The normalized spacial score (nSPS) is 10.6. The number of nitrogens with zero attached hydrogens (tertiary/aromatic N) is 1. The summed E-state index contributed by atoms with van der Waals surface area (Å²) in [5.41, 5.74) is 1.72. The van der Waals surface area contributed by atoms with E-state index in [1.165, 1.54) is 0 Å². The van der Waals surface area contributed by atoms with Crippen molar-refractivity contribution in [1.29, 1.82) is 0 Å². The molecule has 0 aliphatic rings. The van der Waals surface area contributed by atoms with Gasteiger partial charge >= 0.3 is 0 Å². The van der Waals surface area contributed by atoms with Gasteiger partial charge in [0.15, 0.2) is 0 Å². The Balaban J connectivity index is 2.50. The largest absolute Gasteiger partial charge is 0.352 e. The standard InChI is InChI=1S/C13H19BrN2O/c1-10-11(6-4-7-12(10)14)13(17)15-8-5-9-16(2)3/h4,6-7H,5,8-9H2,1-3H3,(H,15,17). The van der Waals surface area contributed by atoms with Crippen molar-refractivity contribution >= 4 is 21.8 Å². The van der Waals surface area contributed by atoms with Gasteiger partial charge in [-0.1, -0.05) is 22.0 Å². The van der Waals surface area contributed by atoms with Crippen LogP contribution in [0.5, 0.6) is 0 Å². The zero-order valence-electron chi connectivity index (χ0n) is 10.6. The number of rotatable bonds is 5. The summed E-state index contributed by atoms with van der Waals surface area (Å²) in [4.78, 5) is 14.0. The number of halogens is 1. The van der Waals surface area contributed by atoms with Crippen LogP contribution < -0.4 is 5.32 Å². The molecule has 1 amide bonds. The molecule has 1 aromatic carbocycles. The maximum Gasteiger partial charge on any atom is 0.251 e. The average Bonchev–Trinajstić information content (AvgIpc) is 2.27.